The van der Waals surface area contributed by atoms with E-state index in [0.717, 1.165) is 30.0 Å². The first-order valence-corrected chi connectivity index (χ1v) is 16.0. The van der Waals surface area contributed by atoms with E-state index in [2.05, 4.69) is 28.5 Å². The van der Waals surface area contributed by atoms with Gasteiger partial charge in [0.1, 0.15) is 18.0 Å². The van der Waals surface area contributed by atoms with Gasteiger partial charge in [-0.05, 0) is 53.6 Å². The van der Waals surface area contributed by atoms with Crippen LogP contribution in [0.25, 0.3) is 20.2 Å². The molecule has 2 aromatic heterocycles. The molecule has 6 aromatic rings. The molecule has 2 heterocycles. The number of fused-ring (bicyclic) bond motifs is 2. The SMILES string of the molecule is CN(C)c1ccc2scc(Sc3ccccc3C(O)C(O)c3ccccc3Sc3csc4cccc(F)c34)c2c1. The van der Waals surface area contributed by atoms with Crippen molar-refractivity contribution in [2.24, 2.45) is 0 Å². The summed E-state index contributed by atoms with van der Waals surface area (Å²) in [4.78, 5) is 5.66. The number of hydrogen-bond donors (Lipinski definition) is 2. The van der Waals surface area contributed by atoms with Crippen LogP contribution < -0.4 is 4.90 Å². The van der Waals surface area contributed by atoms with E-state index in [1.54, 1.807) is 29.2 Å². The third kappa shape index (κ3) is 5.28. The molecule has 0 radical (unpaired) electrons. The molecule has 2 atom stereocenters. The Morgan fingerprint density at radius 1 is 0.675 bits per heavy atom. The molecule has 0 aliphatic heterocycles. The normalized spacial score (nSPS) is 13.1. The van der Waals surface area contributed by atoms with E-state index in [1.165, 1.54) is 39.3 Å². The second-order valence-electron chi connectivity index (χ2n) is 9.56. The first kappa shape index (κ1) is 27.3. The van der Waals surface area contributed by atoms with E-state index in [0.29, 0.717) is 16.5 Å². The maximum Gasteiger partial charge on any atom is 0.133 e. The lowest BCUT2D eigenvalue weighted by Crippen LogP contribution is -2.12. The van der Waals surface area contributed by atoms with Crippen molar-refractivity contribution in [3.05, 3.63) is 113 Å². The third-order valence-electron chi connectivity index (χ3n) is 6.77. The maximum atomic E-state index is 14.7. The van der Waals surface area contributed by atoms with Crippen molar-refractivity contribution in [2.75, 3.05) is 19.0 Å². The molecular weight excluding hydrogens is 578 g/mol. The molecule has 0 fully saturated rings. The fourth-order valence-corrected chi connectivity index (χ4v) is 9.07. The Bertz CT molecular complexity index is 1810. The van der Waals surface area contributed by atoms with E-state index in [1.807, 2.05) is 74.1 Å². The van der Waals surface area contributed by atoms with Crippen LogP contribution in [0.1, 0.15) is 23.3 Å². The molecule has 0 saturated heterocycles. The van der Waals surface area contributed by atoms with Gasteiger partial charge in [-0.3, -0.25) is 0 Å². The monoisotopic (exact) mass is 603 g/mol. The van der Waals surface area contributed by atoms with Gasteiger partial charge in [-0.1, -0.05) is 66.0 Å². The first-order chi connectivity index (χ1) is 19.4. The Labute approximate surface area is 248 Å². The molecule has 2 unspecified atom stereocenters. The lowest BCUT2D eigenvalue weighted by molar-refractivity contribution is 0.0141. The predicted molar refractivity (Wildman–Crippen MR) is 169 cm³/mol. The topological polar surface area (TPSA) is 43.7 Å². The Hall–Kier alpha value is -2.85. The Morgan fingerprint density at radius 2 is 1.27 bits per heavy atom. The van der Waals surface area contributed by atoms with E-state index in [-0.39, 0.29) is 5.82 Å². The molecule has 0 amide bonds. The minimum absolute atomic E-state index is 0.260. The van der Waals surface area contributed by atoms with Gasteiger partial charge in [-0.15, -0.1) is 22.7 Å². The number of anilines is 1. The molecule has 8 heteroatoms. The van der Waals surface area contributed by atoms with Crippen molar-refractivity contribution in [2.45, 2.75) is 31.8 Å². The van der Waals surface area contributed by atoms with Crippen LogP contribution in [0.2, 0.25) is 0 Å². The molecule has 0 aliphatic rings. The predicted octanol–water partition coefficient (Wildman–Crippen LogP) is 9.39. The summed E-state index contributed by atoms with van der Waals surface area (Å²) in [5.41, 5.74) is 2.39. The highest BCUT2D eigenvalue weighted by atomic mass is 32.2. The van der Waals surface area contributed by atoms with E-state index >= 15 is 0 Å². The average molecular weight is 604 g/mol. The van der Waals surface area contributed by atoms with Crippen molar-refractivity contribution in [1.29, 1.82) is 0 Å². The van der Waals surface area contributed by atoms with Crippen molar-refractivity contribution in [3.8, 4) is 0 Å². The zero-order valence-corrected chi connectivity index (χ0v) is 25.0. The second-order valence-corrected chi connectivity index (χ2v) is 13.5. The molecule has 2 N–H and O–H groups in total. The second kappa shape index (κ2) is 11.6. The third-order valence-corrected chi connectivity index (χ3v) is 11.3. The molecule has 0 bridgehead atoms. The van der Waals surface area contributed by atoms with Crippen molar-refractivity contribution in [1.82, 2.24) is 0 Å². The number of hydrogen-bond acceptors (Lipinski definition) is 7. The Kier molecular flexibility index (Phi) is 7.90. The summed E-state index contributed by atoms with van der Waals surface area (Å²) in [6.45, 7) is 0. The average Bonchev–Trinajstić information content (AvgIpc) is 3.57. The van der Waals surface area contributed by atoms with Gasteiger partial charge in [-0.25, -0.2) is 4.39 Å². The van der Waals surface area contributed by atoms with Crippen LogP contribution in [0.5, 0.6) is 0 Å². The van der Waals surface area contributed by atoms with E-state index < -0.39 is 12.2 Å². The number of thiophene rings is 2. The number of aliphatic hydroxyl groups excluding tert-OH is 2. The minimum Gasteiger partial charge on any atom is -0.385 e. The van der Waals surface area contributed by atoms with Crippen molar-refractivity contribution < 1.29 is 14.6 Å². The highest BCUT2D eigenvalue weighted by Crippen LogP contribution is 2.45. The van der Waals surface area contributed by atoms with Gasteiger partial charge in [-0.2, -0.15) is 0 Å². The minimum atomic E-state index is -1.17. The summed E-state index contributed by atoms with van der Waals surface area (Å²) in [7, 11) is 4.06. The van der Waals surface area contributed by atoms with Crippen LogP contribution in [0.4, 0.5) is 10.1 Å². The Morgan fingerprint density at radius 3 is 1.95 bits per heavy atom. The lowest BCUT2D eigenvalue weighted by Gasteiger charge is -2.23. The number of aliphatic hydroxyl groups is 2. The highest BCUT2D eigenvalue weighted by Gasteiger charge is 2.26. The van der Waals surface area contributed by atoms with Gasteiger partial charge in [0.25, 0.3) is 0 Å². The van der Waals surface area contributed by atoms with E-state index in [4.69, 9.17) is 0 Å². The molecule has 0 spiro atoms. The van der Waals surface area contributed by atoms with Gasteiger partial charge in [0.15, 0.2) is 0 Å². The molecular formula is C32H26FNO2S4. The summed E-state index contributed by atoms with van der Waals surface area (Å²) >= 11 is 6.20. The van der Waals surface area contributed by atoms with Crippen LogP contribution >= 0.6 is 46.2 Å². The zero-order chi connectivity index (χ0) is 27.8. The summed E-state index contributed by atoms with van der Waals surface area (Å²) in [5.74, 6) is -0.260. The standard InChI is InChI=1S/C32H26FNO2S4/c1-34(2)19-14-15-24-22(16-19)28(17-37-24)39-25-11-5-3-8-20(25)31(35)32(36)21-9-4-6-12-26(21)40-29-18-38-27-13-7-10-23(33)30(27)29/h3-18,31-32,35-36H,1-2H3. The van der Waals surface area contributed by atoms with Crippen LogP contribution in [0.3, 0.4) is 0 Å². The summed E-state index contributed by atoms with van der Waals surface area (Å²) in [6, 6.07) is 26.7. The van der Waals surface area contributed by atoms with Crippen molar-refractivity contribution >= 4 is 72.1 Å². The van der Waals surface area contributed by atoms with Crippen LogP contribution in [0.15, 0.2) is 115 Å². The first-order valence-electron chi connectivity index (χ1n) is 12.6. The number of rotatable bonds is 8. The summed E-state index contributed by atoms with van der Waals surface area (Å²) < 4.78 is 16.7. The maximum absolute atomic E-state index is 14.7. The molecule has 4 aromatic carbocycles. The van der Waals surface area contributed by atoms with Crippen LogP contribution in [0, 0.1) is 5.82 Å². The van der Waals surface area contributed by atoms with Crippen LogP contribution in [-0.2, 0) is 0 Å². The van der Waals surface area contributed by atoms with Gasteiger partial charge in [0.05, 0.1) is 0 Å². The Balaban J connectivity index is 1.31. The fourth-order valence-electron chi connectivity index (χ4n) is 4.66. The van der Waals surface area contributed by atoms with Gasteiger partial charge >= 0.3 is 0 Å². The number of nitrogens with zero attached hydrogens (tertiary/aromatic N) is 1. The quantitative estimate of drug-likeness (QED) is 0.181. The fraction of sp³-hybridized carbons (Fsp3) is 0.125. The molecule has 3 nitrogen and oxygen atoms in total. The lowest BCUT2D eigenvalue weighted by atomic mass is 9.98. The smallest absolute Gasteiger partial charge is 0.133 e. The van der Waals surface area contributed by atoms with E-state index in [9.17, 15) is 14.6 Å². The zero-order valence-electron chi connectivity index (χ0n) is 21.7. The van der Waals surface area contributed by atoms with Gasteiger partial charge in [0.2, 0.25) is 0 Å². The summed E-state index contributed by atoms with van der Waals surface area (Å²) in [6.07, 6.45) is -2.32. The molecule has 40 heavy (non-hydrogen) atoms. The highest BCUT2D eigenvalue weighted by molar-refractivity contribution is 8.00. The van der Waals surface area contributed by atoms with Gasteiger partial charge in [0, 0.05) is 70.3 Å². The van der Waals surface area contributed by atoms with Crippen molar-refractivity contribution in [3.63, 3.8) is 0 Å². The van der Waals surface area contributed by atoms with Crippen LogP contribution in [-0.4, -0.2) is 24.3 Å². The number of halogens is 1. The molecule has 0 aliphatic carbocycles. The molecule has 0 saturated carbocycles. The largest absolute Gasteiger partial charge is 0.385 e. The van der Waals surface area contributed by atoms with Gasteiger partial charge < -0.3 is 15.1 Å². The summed E-state index contributed by atoms with van der Waals surface area (Å²) in [5, 5.41) is 28.8. The molecule has 202 valence electrons. The molecule has 6 rings (SSSR count). The number of benzene rings is 4.